The summed E-state index contributed by atoms with van der Waals surface area (Å²) in [6, 6.07) is 8.48. The van der Waals surface area contributed by atoms with Crippen molar-refractivity contribution in [3.05, 3.63) is 64.5 Å². The van der Waals surface area contributed by atoms with E-state index in [9.17, 15) is 26.8 Å². The van der Waals surface area contributed by atoms with Gasteiger partial charge in [0, 0.05) is 5.69 Å². The zero-order valence-corrected chi connectivity index (χ0v) is 18.7. The molecule has 3 rings (SSSR count). The molecule has 174 valence electrons. The molecule has 1 aromatic heterocycles. The summed E-state index contributed by atoms with van der Waals surface area (Å²) < 4.78 is 59.2. The first-order valence-electron chi connectivity index (χ1n) is 9.39. The van der Waals surface area contributed by atoms with Gasteiger partial charge in [0.1, 0.15) is 28.9 Å². The third kappa shape index (κ3) is 5.69. The smallest absolute Gasteiger partial charge is 0.321 e. The number of halogens is 2. The molecule has 1 heterocycles. The molecule has 0 aliphatic carbocycles. The predicted octanol–water partition coefficient (Wildman–Crippen LogP) is 2.82. The maximum absolute atomic E-state index is 13.9. The van der Waals surface area contributed by atoms with E-state index in [4.69, 9.17) is 5.73 Å². The Morgan fingerprint density at radius 3 is 2.36 bits per heavy atom. The Bertz CT molecular complexity index is 1270. The SMILES string of the molecule is CCOC(=O)CNS(=O)(=O)c1ccc(Nc2nc(N)c(C(=O)c3c(F)cccc3F)s2)cc1. The van der Waals surface area contributed by atoms with Gasteiger partial charge in [-0.25, -0.2) is 22.2 Å². The van der Waals surface area contributed by atoms with Gasteiger partial charge in [0.15, 0.2) is 5.13 Å². The number of sulfonamides is 1. The van der Waals surface area contributed by atoms with Crippen molar-refractivity contribution in [2.75, 3.05) is 24.2 Å². The largest absolute Gasteiger partial charge is 0.465 e. The molecule has 33 heavy (non-hydrogen) atoms. The summed E-state index contributed by atoms with van der Waals surface area (Å²) in [5.74, 6) is -3.90. The van der Waals surface area contributed by atoms with Gasteiger partial charge in [0.05, 0.1) is 17.1 Å². The summed E-state index contributed by atoms with van der Waals surface area (Å²) in [5.41, 5.74) is 5.44. The Hall–Kier alpha value is -3.42. The average molecular weight is 497 g/mol. The van der Waals surface area contributed by atoms with Gasteiger partial charge >= 0.3 is 5.97 Å². The van der Waals surface area contributed by atoms with Crippen molar-refractivity contribution in [3.63, 3.8) is 0 Å². The number of ketones is 1. The van der Waals surface area contributed by atoms with Crippen LogP contribution in [-0.4, -0.2) is 38.3 Å². The molecular weight excluding hydrogens is 478 g/mol. The standard InChI is InChI=1S/C20H18F2N4O5S2/c1-2-31-15(27)10-24-33(29,30)12-8-6-11(7-9-12)25-20-26-19(23)18(32-20)17(28)16-13(21)4-3-5-14(16)22/h3-9,24H,2,10,23H2,1H3,(H,25,26). The summed E-state index contributed by atoms with van der Waals surface area (Å²) in [6.07, 6.45) is 0. The molecule has 0 saturated heterocycles. The van der Waals surface area contributed by atoms with E-state index in [0.29, 0.717) is 5.69 Å². The van der Waals surface area contributed by atoms with Crippen molar-refractivity contribution >= 4 is 49.7 Å². The number of anilines is 3. The zero-order chi connectivity index (χ0) is 24.2. The van der Waals surface area contributed by atoms with E-state index >= 15 is 0 Å². The maximum Gasteiger partial charge on any atom is 0.321 e. The molecule has 0 aliphatic heterocycles. The van der Waals surface area contributed by atoms with Crippen molar-refractivity contribution in [1.82, 2.24) is 9.71 Å². The number of hydrogen-bond donors (Lipinski definition) is 3. The number of thiazole rings is 1. The molecule has 0 spiro atoms. The van der Waals surface area contributed by atoms with Crippen molar-refractivity contribution in [2.24, 2.45) is 0 Å². The monoisotopic (exact) mass is 496 g/mol. The minimum atomic E-state index is -3.94. The van der Waals surface area contributed by atoms with Crippen LogP contribution in [0.1, 0.15) is 22.2 Å². The number of carbonyl (C=O) groups excluding carboxylic acids is 2. The van der Waals surface area contributed by atoms with Gasteiger partial charge in [-0.2, -0.15) is 4.72 Å². The second kappa shape index (κ2) is 10.0. The number of nitrogens with one attached hydrogen (secondary N) is 2. The highest BCUT2D eigenvalue weighted by Crippen LogP contribution is 2.31. The Balaban J connectivity index is 1.73. The molecule has 0 bridgehead atoms. The topological polar surface area (TPSA) is 140 Å². The van der Waals surface area contributed by atoms with E-state index in [1.807, 2.05) is 0 Å². The Morgan fingerprint density at radius 2 is 1.76 bits per heavy atom. The van der Waals surface area contributed by atoms with Crippen LogP contribution in [0, 0.1) is 11.6 Å². The van der Waals surface area contributed by atoms with Gasteiger partial charge in [-0.3, -0.25) is 9.59 Å². The van der Waals surface area contributed by atoms with Crippen molar-refractivity contribution < 1.29 is 31.5 Å². The third-order valence-electron chi connectivity index (χ3n) is 4.18. The molecule has 3 aromatic rings. The number of ether oxygens (including phenoxy) is 1. The van der Waals surface area contributed by atoms with Crippen molar-refractivity contribution in [1.29, 1.82) is 0 Å². The van der Waals surface area contributed by atoms with Crippen LogP contribution in [0.5, 0.6) is 0 Å². The fourth-order valence-corrected chi connectivity index (χ4v) is 4.49. The molecule has 13 heteroatoms. The van der Waals surface area contributed by atoms with E-state index in [1.165, 1.54) is 24.3 Å². The van der Waals surface area contributed by atoms with Crippen LogP contribution >= 0.6 is 11.3 Å². The Labute approximate surface area is 191 Å². The minimum Gasteiger partial charge on any atom is -0.465 e. The van der Waals surface area contributed by atoms with Gasteiger partial charge < -0.3 is 15.8 Å². The molecule has 0 aliphatic rings. The summed E-state index contributed by atoms with van der Waals surface area (Å²) in [7, 11) is -3.94. The molecule has 0 unspecified atom stereocenters. The highest BCUT2D eigenvalue weighted by Gasteiger charge is 2.24. The fraction of sp³-hybridized carbons (Fsp3) is 0.150. The van der Waals surface area contributed by atoms with Crippen LogP contribution in [-0.2, 0) is 19.6 Å². The van der Waals surface area contributed by atoms with Gasteiger partial charge in [-0.1, -0.05) is 17.4 Å². The summed E-state index contributed by atoms with van der Waals surface area (Å²) >= 11 is 0.788. The molecule has 0 saturated carbocycles. The van der Waals surface area contributed by atoms with Gasteiger partial charge in [0.2, 0.25) is 15.8 Å². The van der Waals surface area contributed by atoms with Gasteiger partial charge in [0.25, 0.3) is 0 Å². The van der Waals surface area contributed by atoms with E-state index in [0.717, 1.165) is 29.5 Å². The first-order valence-corrected chi connectivity index (χ1v) is 11.7. The van der Waals surface area contributed by atoms with Crippen LogP contribution < -0.4 is 15.8 Å². The molecule has 0 amide bonds. The molecule has 0 radical (unpaired) electrons. The molecule has 0 fully saturated rings. The van der Waals surface area contributed by atoms with Crippen LogP contribution in [0.2, 0.25) is 0 Å². The lowest BCUT2D eigenvalue weighted by atomic mass is 10.1. The summed E-state index contributed by atoms with van der Waals surface area (Å²) in [6.45, 7) is 1.23. The van der Waals surface area contributed by atoms with E-state index in [2.05, 4.69) is 19.8 Å². The predicted molar refractivity (Wildman–Crippen MR) is 118 cm³/mol. The van der Waals surface area contributed by atoms with Crippen molar-refractivity contribution in [2.45, 2.75) is 11.8 Å². The number of nitrogen functional groups attached to an aromatic ring is 1. The fourth-order valence-electron chi connectivity index (χ4n) is 2.67. The van der Waals surface area contributed by atoms with Crippen LogP contribution in [0.15, 0.2) is 47.4 Å². The van der Waals surface area contributed by atoms with Gasteiger partial charge in [-0.05, 0) is 43.3 Å². The number of nitrogens with two attached hydrogens (primary N) is 1. The van der Waals surface area contributed by atoms with Gasteiger partial charge in [-0.15, -0.1) is 0 Å². The third-order valence-corrected chi connectivity index (χ3v) is 6.58. The lowest BCUT2D eigenvalue weighted by Gasteiger charge is -2.08. The van der Waals surface area contributed by atoms with E-state index in [1.54, 1.807) is 6.92 Å². The number of esters is 1. The molecule has 9 nitrogen and oxygen atoms in total. The maximum atomic E-state index is 13.9. The van der Waals surface area contributed by atoms with E-state index < -0.39 is 45.5 Å². The first kappa shape index (κ1) is 24.2. The molecule has 4 N–H and O–H groups in total. The highest BCUT2D eigenvalue weighted by molar-refractivity contribution is 7.89. The number of hydrogen-bond acceptors (Lipinski definition) is 9. The summed E-state index contributed by atoms with van der Waals surface area (Å²) in [5, 5.41) is 3.00. The lowest BCUT2D eigenvalue weighted by molar-refractivity contribution is -0.141. The number of nitrogens with zero attached hydrogens (tertiary/aromatic N) is 1. The molecular formula is C20H18F2N4O5S2. The second-order valence-electron chi connectivity index (χ2n) is 6.44. The minimum absolute atomic E-state index is 0.0955. The Kier molecular flexibility index (Phi) is 7.36. The number of aromatic nitrogens is 1. The first-order chi connectivity index (χ1) is 15.6. The highest BCUT2D eigenvalue weighted by atomic mass is 32.2. The quantitative estimate of drug-likeness (QED) is 0.303. The van der Waals surface area contributed by atoms with Crippen LogP contribution in [0.25, 0.3) is 0 Å². The van der Waals surface area contributed by atoms with Crippen molar-refractivity contribution in [3.8, 4) is 0 Å². The number of rotatable bonds is 9. The number of benzene rings is 2. The zero-order valence-electron chi connectivity index (χ0n) is 17.1. The molecule has 2 aromatic carbocycles. The lowest BCUT2D eigenvalue weighted by Crippen LogP contribution is -2.30. The van der Waals surface area contributed by atoms with Crippen LogP contribution in [0.4, 0.5) is 25.4 Å². The second-order valence-corrected chi connectivity index (χ2v) is 9.20. The van der Waals surface area contributed by atoms with E-state index in [-0.39, 0.29) is 27.3 Å². The Morgan fingerprint density at radius 1 is 1.12 bits per heavy atom. The van der Waals surface area contributed by atoms with Crippen LogP contribution in [0.3, 0.4) is 0 Å². The molecule has 0 atom stereocenters. The summed E-state index contributed by atoms with van der Waals surface area (Å²) in [4.78, 5) is 27.6. The normalized spacial score (nSPS) is 11.2. The average Bonchev–Trinajstić information content (AvgIpc) is 3.12. The number of carbonyl (C=O) groups is 2.